The summed E-state index contributed by atoms with van der Waals surface area (Å²) >= 11 is 0. The molecule has 0 radical (unpaired) electrons. The molecular weight excluding hydrogens is 296 g/mol. The second-order valence-corrected chi connectivity index (χ2v) is 5.55. The largest absolute Gasteiger partial charge is 0.449 e. The van der Waals surface area contributed by atoms with Gasteiger partial charge in [-0.25, -0.2) is 4.79 Å². The summed E-state index contributed by atoms with van der Waals surface area (Å²) in [4.78, 5) is 24.3. The maximum Gasteiger partial charge on any atom is 0.344 e. The third-order valence-electron chi connectivity index (χ3n) is 3.53. The van der Waals surface area contributed by atoms with Gasteiger partial charge in [-0.3, -0.25) is 4.79 Å². The summed E-state index contributed by atoms with van der Waals surface area (Å²) in [6.07, 6.45) is -0.933. The van der Waals surface area contributed by atoms with Crippen LogP contribution in [0.3, 0.4) is 0 Å². The number of aromatic nitrogens is 1. The Balaban J connectivity index is 2.04. The zero-order valence-electron chi connectivity index (χ0n) is 13.9. The summed E-state index contributed by atoms with van der Waals surface area (Å²) in [5.74, 6) is -0.643. The van der Waals surface area contributed by atoms with Crippen LogP contribution in [0.25, 0.3) is 0 Å². The average molecular weight is 316 g/mol. The molecule has 0 aliphatic carbocycles. The van der Waals surface area contributed by atoms with E-state index in [0.717, 1.165) is 11.1 Å². The molecule has 122 valence electrons. The normalized spacial score (nSPS) is 11.9. The number of carbonyl (C=O) groups excluding carboxylic acids is 2. The van der Waals surface area contributed by atoms with Crippen molar-refractivity contribution < 1.29 is 18.8 Å². The molecule has 6 heteroatoms. The Morgan fingerprint density at radius 2 is 1.91 bits per heavy atom. The molecule has 1 aromatic carbocycles. The zero-order valence-corrected chi connectivity index (χ0v) is 13.9. The molecule has 1 amide bonds. The van der Waals surface area contributed by atoms with E-state index in [2.05, 4.69) is 10.5 Å². The van der Waals surface area contributed by atoms with Gasteiger partial charge in [-0.1, -0.05) is 22.9 Å². The van der Waals surface area contributed by atoms with Gasteiger partial charge in [0.2, 0.25) is 0 Å². The Labute approximate surface area is 134 Å². The smallest absolute Gasteiger partial charge is 0.344 e. The predicted molar refractivity (Wildman–Crippen MR) is 85.4 cm³/mol. The van der Waals surface area contributed by atoms with Crippen molar-refractivity contribution in [3.63, 3.8) is 0 Å². The number of carbonyl (C=O) groups is 2. The highest BCUT2D eigenvalue weighted by Gasteiger charge is 2.24. The number of amides is 1. The van der Waals surface area contributed by atoms with Crippen LogP contribution in [0, 0.1) is 27.7 Å². The van der Waals surface area contributed by atoms with Crippen LogP contribution in [0.4, 0.5) is 5.69 Å². The summed E-state index contributed by atoms with van der Waals surface area (Å²) in [5, 5.41) is 6.46. The lowest BCUT2D eigenvalue weighted by atomic mass is 10.1. The van der Waals surface area contributed by atoms with Crippen molar-refractivity contribution in [2.45, 2.75) is 40.7 Å². The number of nitrogens with one attached hydrogen (secondary N) is 1. The van der Waals surface area contributed by atoms with Gasteiger partial charge in [0.25, 0.3) is 5.91 Å². The summed E-state index contributed by atoms with van der Waals surface area (Å²) in [6.45, 7) is 8.68. The fourth-order valence-corrected chi connectivity index (χ4v) is 2.24. The molecule has 0 unspecified atom stereocenters. The van der Waals surface area contributed by atoms with Gasteiger partial charge in [0, 0.05) is 5.69 Å². The maximum absolute atomic E-state index is 12.2. The highest BCUT2D eigenvalue weighted by Crippen LogP contribution is 2.18. The molecule has 1 heterocycles. The number of esters is 1. The lowest BCUT2D eigenvalue weighted by Crippen LogP contribution is -2.30. The molecule has 0 aliphatic rings. The molecule has 0 fully saturated rings. The van der Waals surface area contributed by atoms with Crippen LogP contribution in [-0.2, 0) is 9.53 Å². The standard InChI is InChI=1S/C17H20N2O4/c1-9-6-7-14(10(2)8-9)18-16(20)13(5)22-17(21)15-11(3)19-23-12(15)4/h6-8,13H,1-5H3,(H,18,20)/t13-/m1/s1. The van der Waals surface area contributed by atoms with E-state index < -0.39 is 18.0 Å². The van der Waals surface area contributed by atoms with Crippen LogP contribution < -0.4 is 5.32 Å². The lowest BCUT2D eigenvalue weighted by Gasteiger charge is -2.15. The van der Waals surface area contributed by atoms with E-state index in [4.69, 9.17) is 9.26 Å². The van der Waals surface area contributed by atoms with Gasteiger partial charge in [0.15, 0.2) is 6.10 Å². The van der Waals surface area contributed by atoms with Crippen molar-refractivity contribution in [3.8, 4) is 0 Å². The van der Waals surface area contributed by atoms with Crippen molar-refractivity contribution in [1.29, 1.82) is 0 Å². The van der Waals surface area contributed by atoms with Crippen LogP contribution in [-0.4, -0.2) is 23.1 Å². The number of rotatable bonds is 4. The molecule has 2 aromatic rings. The first-order valence-corrected chi connectivity index (χ1v) is 7.31. The predicted octanol–water partition coefficient (Wildman–Crippen LogP) is 3.09. The van der Waals surface area contributed by atoms with Crippen LogP contribution in [0.15, 0.2) is 22.7 Å². The van der Waals surface area contributed by atoms with E-state index in [0.29, 0.717) is 17.1 Å². The van der Waals surface area contributed by atoms with Gasteiger partial charge >= 0.3 is 5.97 Å². The number of hydrogen-bond donors (Lipinski definition) is 1. The highest BCUT2D eigenvalue weighted by atomic mass is 16.5. The van der Waals surface area contributed by atoms with E-state index in [1.807, 2.05) is 32.0 Å². The van der Waals surface area contributed by atoms with Gasteiger partial charge < -0.3 is 14.6 Å². The third-order valence-corrected chi connectivity index (χ3v) is 3.53. The van der Waals surface area contributed by atoms with Crippen LogP contribution >= 0.6 is 0 Å². The summed E-state index contributed by atoms with van der Waals surface area (Å²) in [5.41, 5.74) is 3.45. The minimum absolute atomic E-state index is 0.260. The van der Waals surface area contributed by atoms with Crippen LogP contribution in [0.5, 0.6) is 0 Å². The number of ether oxygens (including phenoxy) is 1. The van der Waals surface area contributed by atoms with Crippen molar-refractivity contribution in [2.75, 3.05) is 5.32 Å². The number of hydrogen-bond acceptors (Lipinski definition) is 5. The topological polar surface area (TPSA) is 81.4 Å². The van der Waals surface area contributed by atoms with Gasteiger partial charge in [-0.2, -0.15) is 0 Å². The zero-order chi connectivity index (χ0) is 17.1. The van der Waals surface area contributed by atoms with Gasteiger partial charge in [0.1, 0.15) is 11.3 Å². The van der Waals surface area contributed by atoms with Crippen molar-refractivity contribution in [2.24, 2.45) is 0 Å². The second kappa shape index (κ2) is 6.64. The van der Waals surface area contributed by atoms with Crippen molar-refractivity contribution in [3.05, 3.63) is 46.3 Å². The summed E-state index contributed by atoms with van der Waals surface area (Å²) < 4.78 is 10.1. The highest BCUT2D eigenvalue weighted by molar-refractivity contribution is 5.98. The first-order chi connectivity index (χ1) is 10.8. The van der Waals surface area contributed by atoms with Gasteiger partial charge in [0.05, 0.1) is 5.69 Å². The summed E-state index contributed by atoms with van der Waals surface area (Å²) in [7, 11) is 0. The fraction of sp³-hybridized carbons (Fsp3) is 0.353. The van der Waals surface area contributed by atoms with E-state index in [9.17, 15) is 9.59 Å². The van der Waals surface area contributed by atoms with Gasteiger partial charge in [-0.15, -0.1) is 0 Å². The minimum Gasteiger partial charge on any atom is -0.449 e. The number of nitrogens with zero attached hydrogens (tertiary/aromatic N) is 1. The van der Waals surface area contributed by atoms with Crippen molar-refractivity contribution >= 4 is 17.6 Å². The van der Waals surface area contributed by atoms with E-state index in [1.165, 1.54) is 6.92 Å². The second-order valence-electron chi connectivity index (χ2n) is 5.55. The molecule has 1 aromatic heterocycles. The molecule has 0 spiro atoms. The first-order valence-electron chi connectivity index (χ1n) is 7.31. The molecule has 0 saturated heterocycles. The number of anilines is 1. The SMILES string of the molecule is Cc1ccc(NC(=O)[C@@H](C)OC(=O)c2c(C)noc2C)c(C)c1. The van der Waals surface area contributed by atoms with Crippen molar-refractivity contribution in [1.82, 2.24) is 5.16 Å². The molecule has 0 aliphatic heterocycles. The molecule has 1 atom stereocenters. The molecule has 2 rings (SSSR count). The maximum atomic E-state index is 12.2. The monoisotopic (exact) mass is 316 g/mol. The minimum atomic E-state index is -0.933. The van der Waals surface area contributed by atoms with Gasteiger partial charge in [-0.05, 0) is 46.2 Å². The van der Waals surface area contributed by atoms with E-state index in [-0.39, 0.29) is 5.56 Å². The molecule has 0 saturated carbocycles. The van der Waals surface area contributed by atoms with E-state index >= 15 is 0 Å². The summed E-state index contributed by atoms with van der Waals surface area (Å²) in [6, 6.07) is 5.70. The average Bonchev–Trinajstić information content (AvgIpc) is 2.81. The van der Waals surface area contributed by atoms with E-state index in [1.54, 1.807) is 13.8 Å². The number of aryl methyl sites for hydroxylation is 4. The lowest BCUT2D eigenvalue weighted by molar-refractivity contribution is -0.123. The van der Waals surface area contributed by atoms with Crippen LogP contribution in [0.1, 0.15) is 39.9 Å². The first kappa shape index (κ1) is 16.7. The molecule has 1 N–H and O–H groups in total. The fourth-order valence-electron chi connectivity index (χ4n) is 2.24. The Hall–Kier alpha value is -2.63. The van der Waals surface area contributed by atoms with Crippen LogP contribution in [0.2, 0.25) is 0 Å². The molecule has 23 heavy (non-hydrogen) atoms. The Morgan fingerprint density at radius 3 is 2.48 bits per heavy atom. The number of benzene rings is 1. The molecular formula is C17H20N2O4. The quantitative estimate of drug-likeness (QED) is 0.877. The Morgan fingerprint density at radius 1 is 1.22 bits per heavy atom. The Bertz CT molecular complexity index is 730. The molecule has 6 nitrogen and oxygen atoms in total. The molecule has 0 bridgehead atoms. The third kappa shape index (κ3) is 3.77. The Kier molecular flexibility index (Phi) is 4.83.